The summed E-state index contributed by atoms with van der Waals surface area (Å²) >= 11 is 0. The van der Waals surface area contributed by atoms with E-state index in [1.807, 2.05) is 0 Å². The molecule has 0 fully saturated rings. The van der Waals surface area contributed by atoms with E-state index in [4.69, 9.17) is 19.3 Å². The minimum absolute atomic E-state index is 0.250. The molecule has 0 amide bonds. The van der Waals surface area contributed by atoms with Gasteiger partial charge in [-0.3, -0.25) is 0 Å². The number of aliphatic hydroxyl groups is 1. The molecule has 86 valence electrons. The maximum Gasteiger partial charge on any atom is 0.126 e. The Kier molecular flexibility index (Phi) is 7.18. The number of methoxy groups -OCH3 is 3. The minimum atomic E-state index is 0.250. The predicted octanol–water partition coefficient (Wildman–Crippen LogP) is 1.71. The molecule has 0 spiro atoms. The Balaban J connectivity index is 0.000000583. The number of ether oxygens (including phenoxy) is 3. The largest absolute Gasteiger partial charge is 0.496 e. The fourth-order valence-electron chi connectivity index (χ4n) is 0.899. The lowest BCUT2D eigenvalue weighted by molar-refractivity contribution is 0.318. The van der Waals surface area contributed by atoms with Crippen molar-refractivity contribution >= 4 is 0 Å². The Hall–Kier alpha value is -1.42. The van der Waals surface area contributed by atoms with E-state index < -0.39 is 0 Å². The van der Waals surface area contributed by atoms with Crippen LogP contribution in [0.15, 0.2) is 18.2 Å². The summed E-state index contributed by atoms with van der Waals surface area (Å²) in [6.07, 6.45) is 0. The zero-order valence-corrected chi connectivity index (χ0v) is 9.61. The third kappa shape index (κ3) is 5.12. The predicted molar refractivity (Wildman–Crippen MR) is 58.9 cm³/mol. The molecule has 1 aromatic rings. The van der Waals surface area contributed by atoms with Crippen LogP contribution in [0, 0.1) is 0 Å². The molecule has 0 aromatic heterocycles. The lowest BCUT2D eigenvalue weighted by Gasteiger charge is -2.06. The molecule has 4 heteroatoms. The van der Waals surface area contributed by atoms with Crippen LogP contribution < -0.4 is 14.2 Å². The summed E-state index contributed by atoms with van der Waals surface area (Å²) in [5.74, 6) is 2.18. The van der Waals surface area contributed by atoms with Crippen LogP contribution >= 0.6 is 0 Å². The average Bonchev–Trinajstić information content (AvgIpc) is 2.29. The van der Waals surface area contributed by atoms with E-state index in [1.165, 1.54) is 0 Å². The van der Waals surface area contributed by atoms with Gasteiger partial charge in [0, 0.05) is 24.8 Å². The molecule has 1 N–H and O–H groups in total. The van der Waals surface area contributed by atoms with Gasteiger partial charge in [-0.15, -0.1) is 0 Å². The highest BCUT2D eigenvalue weighted by molar-refractivity contribution is 5.41. The van der Waals surface area contributed by atoms with Gasteiger partial charge in [-0.25, -0.2) is 0 Å². The number of aliphatic hydroxyl groups excluding tert-OH is 1. The number of benzene rings is 1. The van der Waals surface area contributed by atoms with E-state index in [0.717, 1.165) is 17.2 Å². The van der Waals surface area contributed by atoms with Crippen LogP contribution in [0.3, 0.4) is 0 Å². The van der Waals surface area contributed by atoms with Gasteiger partial charge in [0.15, 0.2) is 0 Å². The molecular weight excluding hydrogens is 196 g/mol. The molecule has 1 aromatic carbocycles. The van der Waals surface area contributed by atoms with Crippen LogP contribution in [0.4, 0.5) is 0 Å². The maximum absolute atomic E-state index is 7.57. The lowest BCUT2D eigenvalue weighted by Crippen LogP contribution is -1.89. The van der Waals surface area contributed by atoms with E-state index in [-0.39, 0.29) is 6.61 Å². The van der Waals surface area contributed by atoms with Crippen molar-refractivity contribution in [3.8, 4) is 17.2 Å². The van der Waals surface area contributed by atoms with Gasteiger partial charge in [-0.1, -0.05) is 0 Å². The summed E-state index contributed by atoms with van der Waals surface area (Å²) < 4.78 is 15.1. The molecule has 0 aliphatic carbocycles. The van der Waals surface area contributed by atoms with E-state index >= 15 is 0 Å². The molecule has 1 rings (SSSR count). The summed E-state index contributed by atoms with van der Waals surface area (Å²) in [6.45, 7) is 1.93. The van der Waals surface area contributed by atoms with Crippen molar-refractivity contribution in [2.24, 2.45) is 0 Å². The van der Waals surface area contributed by atoms with Crippen molar-refractivity contribution in [3.05, 3.63) is 18.2 Å². The second-order valence-corrected chi connectivity index (χ2v) is 2.57. The Labute approximate surface area is 90.4 Å². The van der Waals surface area contributed by atoms with Gasteiger partial charge < -0.3 is 19.3 Å². The summed E-state index contributed by atoms with van der Waals surface area (Å²) in [7, 11) is 4.82. The fourth-order valence-corrected chi connectivity index (χ4v) is 0.899. The number of rotatable bonds is 3. The number of hydrogen-bond donors (Lipinski definition) is 1. The van der Waals surface area contributed by atoms with Gasteiger partial charge in [-0.2, -0.15) is 0 Å². The molecule has 0 unspecified atom stereocenters. The normalized spacial score (nSPS) is 8.60. The van der Waals surface area contributed by atoms with Gasteiger partial charge in [0.1, 0.15) is 17.2 Å². The van der Waals surface area contributed by atoms with Crippen molar-refractivity contribution in [2.45, 2.75) is 6.92 Å². The summed E-state index contributed by atoms with van der Waals surface area (Å²) in [6, 6.07) is 5.38. The van der Waals surface area contributed by atoms with Crippen LogP contribution in [0.2, 0.25) is 0 Å². The SMILES string of the molecule is CCO.COc1cc(OC)cc(OC)c1. The molecule has 0 aliphatic rings. The molecule has 0 saturated carbocycles. The first-order valence-corrected chi connectivity index (χ1v) is 4.59. The van der Waals surface area contributed by atoms with E-state index in [1.54, 1.807) is 46.5 Å². The first-order chi connectivity index (χ1) is 7.21. The molecule has 0 atom stereocenters. The molecule has 4 nitrogen and oxygen atoms in total. The first-order valence-electron chi connectivity index (χ1n) is 4.59. The molecule has 0 bridgehead atoms. The first kappa shape index (κ1) is 13.6. The van der Waals surface area contributed by atoms with Crippen LogP contribution in [-0.2, 0) is 0 Å². The molecule has 0 aliphatic heterocycles. The highest BCUT2D eigenvalue weighted by Gasteiger charge is 2.00. The Morgan fingerprint density at radius 1 is 0.867 bits per heavy atom. The van der Waals surface area contributed by atoms with Crippen molar-refractivity contribution in [1.82, 2.24) is 0 Å². The molecule has 15 heavy (non-hydrogen) atoms. The zero-order valence-electron chi connectivity index (χ0n) is 9.61. The van der Waals surface area contributed by atoms with Gasteiger partial charge in [0.2, 0.25) is 0 Å². The lowest BCUT2D eigenvalue weighted by atomic mass is 10.3. The van der Waals surface area contributed by atoms with Crippen LogP contribution in [0.1, 0.15) is 6.92 Å². The number of hydrogen-bond acceptors (Lipinski definition) is 4. The fraction of sp³-hybridized carbons (Fsp3) is 0.455. The zero-order chi connectivity index (χ0) is 11.7. The summed E-state index contributed by atoms with van der Waals surface area (Å²) in [4.78, 5) is 0. The Morgan fingerprint density at radius 2 is 1.07 bits per heavy atom. The van der Waals surface area contributed by atoms with E-state index in [2.05, 4.69) is 0 Å². The van der Waals surface area contributed by atoms with Crippen LogP contribution in [-0.4, -0.2) is 33.0 Å². The quantitative estimate of drug-likeness (QED) is 0.832. The van der Waals surface area contributed by atoms with Crippen molar-refractivity contribution in [2.75, 3.05) is 27.9 Å². The highest BCUT2D eigenvalue weighted by atomic mass is 16.5. The maximum atomic E-state index is 7.57. The second kappa shape index (κ2) is 7.94. The second-order valence-electron chi connectivity index (χ2n) is 2.57. The minimum Gasteiger partial charge on any atom is -0.496 e. The third-order valence-corrected chi connectivity index (χ3v) is 1.56. The van der Waals surface area contributed by atoms with Crippen molar-refractivity contribution in [3.63, 3.8) is 0 Å². The monoisotopic (exact) mass is 214 g/mol. The Bertz CT molecular complexity index is 218. The molecule has 0 radical (unpaired) electrons. The summed E-state index contributed by atoms with van der Waals surface area (Å²) in [5, 5.41) is 7.57. The third-order valence-electron chi connectivity index (χ3n) is 1.56. The topological polar surface area (TPSA) is 47.9 Å². The average molecular weight is 214 g/mol. The molecule has 0 saturated heterocycles. The van der Waals surface area contributed by atoms with Gasteiger partial charge in [0.25, 0.3) is 0 Å². The van der Waals surface area contributed by atoms with Crippen molar-refractivity contribution < 1.29 is 19.3 Å². The van der Waals surface area contributed by atoms with Crippen LogP contribution in [0.25, 0.3) is 0 Å². The molecular formula is C11H18O4. The van der Waals surface area contributed by atoms with Gasteiger partial charge in [0.05, 0.1) is 21.3 Å². The standard InChI is InChI=1S/C9H12O3.C2H6O/c1-10-7-4-8(11-2)6-9(5-7)12-3;1-2-3/h4-6H,1-3H3;3H,2H2,1H3. The van der Waals surface area contributed by atoms with E-state index in [9.17, 15) is 0 Å². The van der Waals surface area contributed by atoms with Gasteiger partial charge in [-0.05, 0) is 6.92 Å². The van der Waals surface area contributed by atoms with Crippen molar-refractivity contribution in [1.29, 1.82) is 0 Å². The van der Waals surface area contributed by atoms with Gasteiger partial charge >= 0.3 is 0 Å². The smallest absolute Gasteiger partial charge is 0.126 e. The van der Waals surface area contributed by atoms with Crippen LogP contribution in [0.5, 0.6) is 17.2 Å². The molecule has 0 heterocycles. The van der Waals surface area contributed by atoms with E-state index in [0.29, 0.717) is 0 Å². The highest BCUT2D eigenvalue weighted by Crippen LogP contribution is 2.26. The summed E-state index contributed by atoms with van der Waals surface area (Å²) in [5.41, 5.74) is 0. The Morgan fingerprint density at radius 3 is 1.20 bits per heavy atom.